The molecular formula is C13H20N4O2. The van der Waals surface area contributed by atoms with Crippen LogP contribution in [0.15, 0.2) is 12.3 Å². The third-order valence-corrected chi connectivity index (χ3v) is 3.22. The van der Waals surface area contributed by atoms with E-state index in [1.54, 1.807) is 19.2 Å². The minimum atomic E-state index is -0.408. The van der Waals surface area contributed by atoms with Crippen LogP contribution in [0.2, 0.25) is 0 Å². The van der Waals surface area contributed by atoms with Crippen molar-refractivity contribution in [2.24, 2.45) is 0 Å². The van der Waals surface area contributed by atoms with Crippen LogP contribution in [0.4, 0.5) is 11.5 Å². The lowest BCUT2D eigenvalue weighted by Crippen LogP contribution is -2.25. The van der Waals surface area contributed by atoms with Crippen molar-refractivity contribution in [1.82, 2.24) is 9.88 Å². The summed E-state index contributed by atoms with van der Waals surface area (Å²) in [7, 11) is 2.08. The number of nitrogens with zero attached hydrogens (tertiary/aromatic N) is 2. The molecule has 104 valence electrons. The largest absolute Gasteiger partial charge is 0.462 e. The number of nitrogens with two attached hydrogens (primary N) is 1. The molecule has 0 amide bonds. The zero-order valence-electron chi connectivity index (χ0n) is 11.3. The van der Waals surface area contributed by atoms with Crippen LogP contribution in [-0.2, 0) is 4.74 Å². The van der Waals surface area contributed by atoms with Crippen molar-refractivity contribution in [3.8, 4) is 0 Å². The van der Waals surface area contributed by atoms with Gasteiger partial charge >= 0.3 is 5.97 Å². The van der Waals surface area contributed by atoms with Crippen LogP contribution in [0.3, 0.4) is 0 Å². The highest BCUT2D eigenvalue weighted by molar-refractivity contribution is 5.97. The first kappa shape index (κ1) is 13.6. The molecule has 1 aliphatic heterocycles. The SMILES string of the molecule is CCOC(=O)c1ccnc(NC2CCN(C)C2)c1N. The average molecular weight is 264 g/mol. The van der Waals surface area contributed by atoms with E-state index in [0.29, 0.717) is 29.7 Å². The van der Waals surface area contributed by atoms with Gasteiger partial charge in [0, 0.05) is 18.8 Å². The number of rotatable bonds is 4. The van der Waals surface area contributed by atoms with Gasteiger partial charge in [-0.05, 0) is 33.0 Å². The number of aromatic nitrogens is 1. The molecule has 0 aromatic carbocycles. The summed E-state index contributed by atoms with van der Waals surface area (Å²) < 4.78 is 4.97. The molecule has 3 N–H and O–H groups in total. The zero-order valence-corrected chi connectivity index (χ0v) is 11.3. The molecule has 0 radical (unpaired) electrons. The molecular weight excluding hydrogens is 244 g/mol. The number of nitrogens with one attached hydrogen (secondary N) is 1. The number of esters is 1. The third kappa shape index (κ3) is 3.14. The number of carbonyl (C=O) groups is 1. The summed E-state index contributed by atoms with van der Waals surface area (Å²) in [6.45, 7) is 4.10. The third-order valence-electron chi connectivity index (χ3n) is 3.22. The Labute approximate surface area is 112 Å². The Kier molecular flexibility index (Phi) is 4.21. The smallest absolute Gasteiger partial charge is 0.340 e. The Balaban J connectivity index is 2.13. The maximum atomic E-state index is 11.7. The molecule has 0 aliphatic carbocycles. The van der Waals surface area contributed by atoms with Crippen molar-refractivity contribution in [1.29, 1.82) is 0 Å². The molecule has 1 unspecified atom stereocenters. The van der Waals surface area contributed by atoms with Crippen molar-refractivity contribution in [2.75, 3.05) is 37.8 Å². The maximum absolute atomic E-state index is 11.7. The van der Waals surface area contributed by atoms with Gasteiger partial charge in [-0.2, -0.15) is 0 Å². The first-order valence-electron chi connectivity index (χ1n) is 6.48. The van der Waals surface area contributed by atoms with E-state index < -0.39 is 5.97 Å². The first-order chi connectivity index (χ1) is 9.11. The average Bonchev–Trinajstić information content (AvgIpc) is 2.78. The lowest BCUT2D eigenvalue weighted by Gasteiger charge is -2.16. The van der Waals surface area contributed by atoms with Gasteiger partial charge in [0.15, 0.2) is 0 Å². The fourth-order valence-corrected chi connectivity index (χ4v) is 2.22. The van der Waals surface area contributed by atoms with E-state index in [9.17, 15) is 4.79 Å². The molecule has 1 atom stereocenters. The van der Waals surface area contributed by atoms with Crippen LogP contribution in [0, 0.1) is 0 Å². The Morgan fingerprint density at radius 2 is 2.47 bits per heavy atom. The monoisotopic (exact) mass is 264 g/mol. The standard InChI is InChI=1S/C13H20N4O2/c1-3-19-13(18)10-4-6-15-12(11(10)14)16-9-5-7-17(2)8-9/h4,6,9H,3,5,7-8,14H2,1-2H3,(H,15,16). The number of hydrogen-bond acceptors (Lipinski definition) is 6. The summed E-state index contributed by atoms with van der Waals surface area (Å²) in [6, 6.07) is 1.90. The van der Waals surface area contributed by atoms with Gasteiger partial charge in [-0.3, -0.25) is 0 Å². The van der Waals surface area contributed by atoms with Crippen LogP contribution in [0.1, 0.15) is 23.7 Å². The van der Waals surface area contributed by atoms with Crippen LogP contribution >= 0.6 is 0 Å². The van der Waals surface area contributed by atoms with Gasteiger partial charge in [-0.15, -0.1) is 0 Å². The van der Waals surface area contributed by atoms with Gasteiger partial charge in [-0.25, -0.2) is 9.78 Å². The second-order valence-corrected chi connectivity index (χ2v) is 4.73. The predicted molar refractivity (Wildman–Crippen MR) is 74.1 cm³/mol. The van der Waals surface area contributed by atoms with Gasteiger partial charge in [0.05, 0.1) is 17.9 Å². The van der Waals surface area contributed by atoms with Gasteiger partial charge in [0.2, 0.25) is 0 Å². The molecule has 1 saturated heterocycles. The van der Waals surface area contributed by atoms with Gasteiger partial charge < -0.3 is 20.7 Å². The second-order valence-electron chi connectivity index (χ2n) is 4.73. The van der Waals surface area contributed by atoms with Crippen LogP contribution in [-0.4, -0.2) is 48.6 Å². The molecule has 6 nitrogen and oxygen atoms in total. The molecule has 1 fully saturated rings. The molecule has 1 aromatic heterocycles. The van der Waals surface area contributed by atoms with E-state index in [4.69, 9.17) is 10.5 Å². The molecule has 0 spiro atoms. The number of ether oxygens (including phenoxy) is 1. The van der Waals surface area contributed by atoms with Crippen molar-refractivity contribution in [3.05, 3.63) is 17.8 Å². The summed E-state index contributed by atoms with van der Waals surface area (Å²) in [5, 5.41) is 3.29. The number of likely N-dealkylation sites (N-methyl/N-ethyl adjacent to an activating group) is 1. The summed E-state index contributed by atoms with van der Waals surface area (Å²) in [5.74, 6) is 0.153. The Bertz CT molecular complexity index is 464. The van der Waals surface area contributed by atoms with Crippen molar-refractivity contribution in [2.45, 2.75) is 19.4 Å². The highest BCUT2D eigenvalue weighted by Gasteiger charge is 2.21. The van der Waals surface area contributed by atoms with Crippen LogP contribution in [0.25, 0.3) is 0 Å². The normalized spacial score (nSPS) is 19.4. The van der Waals surface area contributed by atoms with Crippen LogP contribution in [0.5, 0.6) is 0 Å². The molecule has 1 aromatic rings. The molecule has 2 heterocycles. The number of carbonyl (C=O) groups excluding carboxylic acids is 1. The zero-order chi connectivity index (χ0) is 13.8. The minimum Gasteiger partial charge on any atom is -0.462 e. The molecule has 6 heteroatoms. The summed E-state index contributed by atoms with van der Waals surface area (Å²) in [6.07, 6.45) is 2.62. The number of hydrogen-bond donors (Lipinski definition) is 2. The molecule has 19 heavy (non-hydrogen) atoms. The number of pyridine rings is 1. The van der Waals surface area contributed by atoms with Gasteiger partial charge in [0.25, 0.3) is 0 Å². The van der Waals surface area contributed by atoms with Gasteiger partial charge in [-0.1, -0.05) is 0 Å². The lowest BCUT2D eigenvalue weighted by atomic mass is 10.2. The fraction of sp³-hybridized carbons (Fsp3) is 0.538. The molecule has 1 aliphatic rings. The van der Waals surface area contributed by atoms with E-state index in [2.05, 4.69) is 22.2 Å². The van der Waals surface area contributed by atoms with E-state index >= 15 is 0 Å². The van der Waals surface area contributed by atoms with E-state index in [0.717, 1.165) is 19.5 Å². The highest BCUT2D eigenvalue weighted by Crippen LogP contribution is 2.23. The number of anilines is 2. The van der Waals surface area contributed by atoms with Crippen molar-refractivity contribution in [3.63, 3.8) is 0 Å². The Morgan fingerprint density at radius 3 is 3.11 bits per heavy atom. The summed E-state index contributed by atoms with van der Waals surface area (Å²) in [5.41, 5.74) is 6.71. The topological polar surface area (TPSA) is 80.5 Å². The molecule has 2 rings (SSSR count). The number of likely N-dealkylation sites (tertiary alicyclic amines) is 1. The van der Waals surface area contributed by atoms with Crippen LogP contribution < -0.4 is 11.1 Å². The van der Waals surface area contributed by atoms with E-state index in [1.807, 2.05) is 0 Å². The van der Waals surface area contributed by atoms with Gasteiger partial charge in [0.1, 0.15) is 5.82 Å². The molecule has 0 bridgehead atoms. The number of nitrogen functional groups attached to an aromatic ring is 1. The fourth-order valence-electron chi connectivity index (χ4n) is 2.22. The summed E-state index contributed by atoms with van der Waals surface area (Å²) >= 11 is 0. The minimum absolute atomic E-state index is 0.317. The molecule has 0 saturated carbocycles. The first-order valence-corrected chi connectivity index (χ1v) is 6.48. The lowest BCUT2D eigenvalue weighted by molar-refractivity contribution is 0.0527. The summed E-state index contributed by atoms with van der Waals surface area (Å²) in [4.78, 5) is 18.2. The Hall–Kier alpha value is -1.82. The second kappa shape index (κ2) is 5.88. The highest BCUT2D eigenvalue weighted by atomic mass is 16.5. The van der Waals surface area contributed by atoms with Crippen molar-refractivity contribution < 1.29 is 9.53 Å². The van der Waals surface area contributed by atoms with E-state index in [-0.39, 0.29) is 0 Å². The quantitative estimate of drug-likeness (QED) is 0.788. The predicted octanol–water partition coefficient (Wildman–Crippen LogP) is 0.956. The Morgan fingerprint density at radius 1 is 1.68 bits per heavy atom. The van der Waals surface area contributed by atoms with Crippen molar-refractivity contribution >= 4 is 17.5 Å². The van der Waals surface area contributed by atoms with E-state index in [1.165, 1.54) is 0 Å². The maximum Gasteiger partial charge on any atom is 0.340 e.